The molecule has 0 bridgehead atoms. The highest BCUT2D eigenvalue weighted by atomic mass is 35.5. The number of benzene rings is 2. The van der Waals surface area contributed by atoms with Gasteiger partial charge in [0.2, 0.25) is 11.8 Å². The van der Waals surface area contributed by atoms with Gasteiger partial charge in [-0.2, -0.15) is 0 Å². The van der Waals surface area contributed by atoms with Crippen LogP contribution >= 0.6 is 11.6 Å². The fourth-order valence-electron chi connectivity index (χ4n) is 3.04. The molecule has 1 unspecified atom stereocenters. The Labute approximate surface area is 163 Å². The topological polar surface area (TPSA) is 67.9 Å². The first-order valence-corrected chi connectivity index (χ1v) is 9.08. The number of para-hydroxylation sites is 2. The van der Waals surface area contributed by atoms with Gasteiger partial charge >= 0.3 is 0 Å². The molecule has 142 valence electrons. The third-order valence-corrected chi connectivity index (χ3v) is 4.68. The lowest BCUT2D eigenvalue weighted by Crippen LogP contribution is -2.28. The van der Waals surface area contributed by atoms with Gasteiger partial charge in [-0.25, -0.2) is 0 Å². The molecule has 1 fully saturated rings. The molecule has 1 heterocycles. The number of amides is 2. The number of rotatable bonds is 6. The molecule has 1 aliphatic heterocycles. The molecule has 27 heavy (non-hydrogen) atoms. The van der Waals surface area contributed by atoms with Gasteiger partial charge in [0.15, 0.2) is 0 Å². The first-order chi connectivity index (χ1) is 13.0. The highest BCUT2D eigenvalue weighted by Crippen LogP contribution is 2.33. The van der Waals surface area contributed by atoms with Gasteiger partial charge in [0.05, 0.1) is 30.3 Å². The highest BCUT2D eigenvalue weighted by Gasteiger charge is 2.35. The maximum absolute atomic E-state index is 12.7. The number of carbonyl (C=O) groups excluding carboxylic acids is 2. The SMILES string of the molecule is CCOc1ccccc1NC(=O)C1CC(=O)N(c2ccc(OC)c(Cl)c2)C1. The fraction of sp³-hybridized carbons (Fsp3) is 0.300. The Hall–Kier alpha value is -2.73. The van der Waals surface area contributed by atoms with E-state index < -0.39 is 5.92 Å². The molecule has 2 amide bonds. The summed E-state index contributed by atoms with van der Waals surface area (Å²) in [6.45, 7) is 2.68. The van der Waals surface area contributed by atoms with Crippen molar-refractivity contribution in [1.29, 1.82) is 0 Å². The van der Waals surface area contributed by atoms with Crippen molar-refractivity contribution in [2.24, 2.45) is 5.92 Å². The molecule has 3 rings (SSSR count). The number of methoxy groups -OCH3 is 1. The average Bonchev–Trinajstić information content (AvgIpc) is 3.05. The third kappa shape index (κ3) is 4.17. The Morgan fingerprint density at radius 1 is 1.26 bits per heavy atom. The van der Waals surface area contributed by atoms with Crippen molar-refractivity contribution >= 4 is 34.8 Å². The number of nitrogens with zero attached hydrogens (tertiary/aromatic N) is 1. The van der Waals surface area contributed by atoms with Crippen molar-refractivity contribution in [1.82, 2.24) is 0 Å². The van der Waals surface area contributed by atoms with E-state index in [1.807, 2.05) is 19.1 Å². The van der Waals surface area contributed by atoms with Gasteiger partial charge in [-0.1, -0.05) is 23.7 Å². The monoisotopic (exact) mass is 388 g/mol. The normalized spacial score (nSPS) is 16.3. The standard InChI is InChI=1S/C20H21ClN2O4/c1-3-27-18-7-5-4-6-16(18)22-20(25)13-10-19(24)23(12-13)14-8-9-17(26-2)15(21)11-14/h4-9,11,13H,3,10,12H2,1-2H3,(H,22,25). The van der Waals surface area contributed by atoms with Crippen LogP contribution in [0.5, 0.6) is 11.5 Å². The van der Waals surface area contributed by atoms with E-state index in [1.54, 1.807) is 35.2 Å². The van der Waals surface area contributed by atoms with Crippen LogP contribution in [0.15, 0.2) is 42.5 Å². The smallest absolute Gasteiger partial charge is 0.229 e. The minimum Gasteiger partial charge on any atom is -0.495 e. The summed E-state index contributed by atoms with van der Waals surface area (Å²) < 4.78 is 10.7. The Bertz CT molecular complexity index is 856. The number of ether oxygens (including phenoxy) is 2. The summed E-state index contributed by atoms with van der Waals surface area (Å²) in [4.78, 5) is 26.7. The zero-order chi connectivity index (χ0) is 19.4. The van der Waals surface area contributed by atoms with Crippen LogP contribution in [-0.2, 0) is 9.59 Å². The molecule has 2 aromatic carbocycles. The Kier molecular flexibility index (Phi) is 5.86. The van der Waals surface area contributed by atoms with Crippen LogP contribution in [0.4, 0.5) is 11.4 Å². The lowest BCUT2D eigenvalue weighted by Gasteiger charge is -2.18. The summed E-state index contributed by atoms with van der Waals surface area (Å²) in [5, 5.41) is 3.29. The lowest BCUT2D eigenvalue weighted by molar-refractivity contribution is -0.122. The minimum absolute atomic E-state index is 0.116. The molecule has 7 heteroatoms. The van der Waals surface area contributed by atoms with Crippen LogP contribution < -0.4 is 19.7 Å². The second-order valence-electron chi connectivity index (χ2n) is 6.14. The van der Waals surface area contributed by atoms with Crippen LogP contribution in [0.25, 0.3) is 0 Å². The van der Waals surface area contributed by atoms with Crippen molar-refractivity contribution in [3.05, 3.63) is 47.5 Å². The lowest BCUT2D eigenvalue weighted by atomic mass is 10.1. The second kappa shape index (κ2) is 8.31. The fourth-order valence-corrected chi connectivity index (χ4v) is 3.29. The molecule has 0 aliphatic carbocycles. The van der Waals surface area contributed by atoms with Crippen molar-refractivity contribution in [3.8, 4) is 11.5 Å². The van der Waals surface area contributed by atoms with Crippen molar-refractivity contribution in [2.75, 3.05) is 30.5 Å². The molecular formula is C20H21ClN2O4. The average molecular weight is 389 g/mol. The summed E-state index contributed by atoms with van der Waals surface area (Å²) in [6, 6.07) is 12.4. The summed E-state index contributed by atoms with van der Waals surface area (Å²) >= 11 is 6.15. The Morgan fingerprint density at radius 2 is 2.04 bits per heavy atom. The van der Waals surface area contributed by atoms with Crippen LogP contribution in [-0.4, -0.2) is 32.1 Å². The molecule has 2 aromatic rings. The van der Waals surface area contributed by atoms with E-state index in [2.05, 4.69) is 5.32 Å². The Morgan fingerprint density at radius 3 is 2.74 bits per heavy atom. The number of nitrogens with one attached hydrogen (secondary N) is 1. The van der Waals surface area contributed by atoms with E-state index in [0.29, 0.717) is 41.0 Å². The maximum Gasteiger partial charge on any atom is 0.229 e. The van der Waals surface area contributed by atoms with E-state index in [9.17, 15) is 9.59 Å². The van der Waals surface area contributed by atoms with Crippen LogP contribution in [0.1, 0.15) is 13.3 Å². The predicted molar refractivity (Wildman–Crippen MR) is 105 cm³/mol. The van der Waals surface area contributed by atoms with Crippen LogP contribution in [0.3, 0.4) is 0 Å². The molecule has 1 aliphatic rings. The van der Waals surface area contributed by atoms with Crippen molar-refractivity contribution < 1.29 is 19.1 Å². The van der Waals surface area contributed by atoms with Gasteiger partial charge in [0.1, 0.15) is 11.5 Å². The van der Waals surface area contributed by atoms with E-state index >= 15 is 0 Å². The number of carbonyl (C=O) groups is 2. The van der Waals surface area contributed by atoms with Gasteiger partial charge in [-0.05, 0) is 37.3 Å². The van der Waals surface area contributed by atoms with Gasteiger partial charge in [0, 0.05) is 18.7 Å². The first-order valence-electron chi connectivity index (χ1n) is 8.70. The van der Waals surface area contributed by atoms with Crippen molar-refractivity contribution in [3.63, 3.8) is 0 Å². The summed E-state index contributed by atoms with van der Waals surface area (Å²) in [7, 11) is 1.53. The van der Waals surface area contributed by atoms with Gasteiger partial charge < -0.3 is 19.7 Å². The zero-order valence-corrected chi connectivity index (χ0v) is 16.0. The van der Waals surface area contributed by atoms with E-state index in [1.165, 1.54) is 7.11 Å². The molecular weight excluding hydrogens is 368 g/mol. The number of halogens is 1. The number of anilines is 2. The summed E-state index contributed by atoms with van der Waals surface area (Å²) in [5.41, 5.74) is 1.25. The molecule has 6 nitrogen and oxygen atoms in total. The third-order valence-electron chi connectivity index (χ3n) is 4.39. The number of hydrogen-bond acceptors (Lipinski definition) is 4. The summed E-state index contributed by atoms with van der Waals surface area (Å²) in [6.07, 6.45) is 0.145. The second-order valence-corrected chi connectivity index (χ2v) is 6.55. The molecule has 0 radical (unpaired) electrons. The maximum atomic E-state index is 12.7. The Balaban J connectivity index is 1.72. The van der Waals surface area contributed by atoms with Gasteiger partial charge in [-0.3, -0.25) is 9.59 Å². The van der Waals surface area contributed by atoms with E-state index in [-0.39, 0.29) is 18.2 Å². The van der Waals surface area contributed by atoms with Crippen LogP contribution in [0.2, 0.25) is 5.02 Å². The van der Waals surface area contributed by atoms with Gasteiger partial charge in [-0.15, -0.1) is 0 Å². The van der Waals surface area contributed by atoms with Crippen LogP contribution in [0, 0.1) is 5.92 Å². The largest absolute Gasteiger partial charge is 0.495 e. The molecule has 0 aromatic heterocycles. The number of hydrogen-bond donors (Lipinski definition) is 1. The minimum atomic E-state index is -0.451. The van der Waals surface area contributed by atoms with Crippen molar-refractivity contribution in [2.45, 2.75) is 13.3 Å². The quantitative estimate of drug-likeness (QED) is 0.818. The highest BCUT2D eigenvalue weighted by molar-refractivity contribution is 6.32. The predicted octanol–water partition coefficient (Wildman–Crippen LogP) is 3.74. The van der Waals surface area contributed by atoms with Gasteiger partial charge in [0.25, 0.3) is 0 Å². The molecule has 1 atom stereocenters. The molecule has 0 spiro atoms. The molecule has 1 N–H and O–H groups in total. The zero-order valence-electron chi connectivity index (χ0n) is 15.2. The molecule has 0 saturated carbocycles. The van der Waals surface area contributed by atoms with E-state index in [4.69, 9.17) is 21.1 Å². The first kappa shape index (κ1) is 19.0. The summed E-state index contributed by atoms with van der Waals surface area (Å²) in [5.74, 6) is 0.366. The van der Waals surface area contributed by atoms with E-state index in [0.717, 1.165) is 0 Å². The molecule has 1 saturated heterocycles.